The number of hydrogen-bond donors (Lipinski definition) is 0. The molecule has 0 saturated heterocycles. The van der Waals surface area contributed by atoms with E-state index in [-0.39, 0.29) is 0 Å². The van der Waals surface area contributed by atoms with Crippen LogP contribution < -0.4 is 19.7 Å². The summed E-state index contributed by atoms with van der Waals surface area (Å²) in [6.45, 7) is 0. The van der Waals surface area contributed by atoms with E-state index in [1.165, 1.54) is 0 Å². The van der Waals surface area contributed by atoms with E-state index in [1.807, 2.05) is 72.8 Å². The quantitative estimate of drug-likeness (QED) is 0.336. The van der Waals surface area contributed by atoms with Gasteiger partial charge in [-0.1, -0.05) is 77.4 Å². The summed E-state index contributed by atoms with van der Waals surface area (Å²) < 4.78 is 33.7. The molecular weight excluding hydrogens is 414 g/mol. The van der Waals surface area contributed by atoms with Crippen LogP contribution in [-0.2, 0) is 9.13 Å². The Morgan fingerprint density at radius 3 is 1.07 bits per heavy atom. The zero-order valence-electron chi connectivity index (χ0n) is 16.1. The zero-order chi connectivity index (χ0) is 21.0. The first kappa shape index (κ1) is 21.4. The predicted octanol–water partition coefficient (Wildman–Crippen LogP) is 6.27. The molecule has 0 saturated carbocycles. The van der Waals surface area contributed by atoms with Gasteiger partial charge in [-0.3, -0.25) is 0 Å². The highest BCUT2D eigenvalue weighted by Gasteiger charge is 2.23. The molecule has 0 aromatic heterocycles. The normalized spacial score (nSPS) is 9.60. The lowest BCUT2D eigenvalue weighted by Gasteiger charge is -1.92. The molecule has 4 nitrogen and oxygen atoms in total. The molecule has 0 N–H and O–H groups in total. The van der Waals surface area contributed by atoms with Crippen LogP contribution in [0.3, 0.4) is 0 Å². The maximum absolute atomic E-state index is 12.0. The van der Waals surface area contributed by atoms with Gasteiger partial charge in [-0.2, -0.15) is 0 Å². The van der Waals surface area contributed by atoms with Crippen molar-refractivity contribution >= 4 is 26.7 Å². The van der Waals surface area contributed by atoms with Crippen LogP contribution in [0, 0.1) is 0 Å². The van der Waals surface area contributed by atoms with Crippen LogP contribution >= 0.6 is 16.1 Å². The standard InChI is InChI=1S/C12H10O3P.C12H10OP/c13-16(14-11-7-3-1-4-8-11)15-12-9-5-2-6-10-12;13-14(11-7-3-1-4-8-11)12-9-5-2-6-10-12/h1-10H;1-10H/q2*+1. The third-order valence-corrected chi connectivity index (χ3v) is 6.08. The SMILES string of the molecule is O=[P+](Oc1ccccc1)Oc1ccccc1.O=[P+](c1ccccc1)c1ccccc1. The van der Waals surface area contributed by atoms with Gasteiger partial charge < -0.3 is 0 Å². The van der Waals surface area contributed by atoms with Crippen LogP contribution in [0.15, 0.2) is 121 Å². The van der Waals surface area contributed by atoms with Crippen molar-refractivity contribution in [1.82, 2.24) is 0 Å². The molecule has 6 heteroatoms. The Morgan fingerprint density at radius 2 is 0.733 bits per heavy atom. The second-order valence-corrected chi connectivity index (χ2v) is 8.43. The minimum Gasteiger partial charge on any atom is -0.222 e. The molecule has 4 aromatic rings. The molecule has 0 unspecified atom stereocenters. The first-order chi connectivity index (χ1) is 14.7. The van der Waals surface area contributed by atoms with E-state index in [9.17, 15) is 9.13 Å². The Bertz CT molecular complexity index is 972. The van der Waals surface area contributed by atoms with Crippen molar-refractivity contribution in [1.29, 1.82) is 0 Å². The van der Waals surface area contributed by atoms with Crippen molar-refractivity contribution in [3.05, 3.63) is 121 Å². The van der Waals surface area contributed by atoms with Crippen LogP contribution in [0.4, 0.5) is 0 Å². The molecule has 4 rings (SSSR count). The van der Waals surface area contributed by atoms with Crippen molar-refractivity contribution in [2.24, 2.45) is 0 Å². The number of para-hydroxylation sites is 2. The van der Waals surface area contributed by atoms with Gasteiger partial charge in [-0.15, -0.1) is 0 Å². The van der Waals surface area contributed by atoms with E-state index in [0.717, 1.165) is 10.6 Å². The summed E-state index contributed by atoms with van der Waals surface area (Å²) in [4.78, 5) is 0. The van der Waals surface area contributed by atoms with E-state index in [2.05, 4.69) is 0 Å². The highest BCUT2D eigenvalue weighted by atomic mass is 31.1. The van der Waals surface area contributed by atoms with Gasteiger partial charge in [0.25, 0.3) is 0 Å². The third kappa shape index (κ3) is 6.93. The van der Waals surface area contributed by atoms with Gasteiger partial charge in [0.2, 0.25) is 0 Å². The fraction of sp³-hybridized carbons (Fsp3) is 0. The van der Waals surface area contributed by atoms with Crippen molar-refractivity contribution in [2.75, 3.05) is 0 Å². The van der Waals surface area contributed by atoms with Crippen LogP contribution in [0.2, 0.25) is 0 Å². The minimum absolute atomic E-state index is 0.527. The average Bonchev–Trinajstić information content (AvgIpc) is 2.81. The van der Waals surface area contributed by atoms with Gasteiger partial charge in [-0.05, 0) is 48.5 Å². The third-order valence-electron chi connectivity index (χ3n) is 3.83. The summed E-state index contributed by atoms with van der Waals surface area (Å²) in [6.07, 6.45) is 0. The smallest absolute Gasteiger partial charge is 0.222 e. The fourth-order valence-corrected chi connectivity index (χ4v) is 4.24. The molecule has 0 heterocycles. The molecule has 0 aliphatic carbocycles. The van der Waals surface area contributed by atoms with Crippen molar-refractivity contribution < 1.29 is 18.2 Å². The lowest BCUT2D eigenvalue weighted by atomic mass is 10.3. The molecule has 0 radical (unpaired) electrons. The lowest BCUT2D eigenvalue weighted by Crippen LogP contribution is -2.04. The summed E-state index contributed by atoms with van der Waals surface area (Å²) in [5.41, 5.74) is 0. The molecule has 0 aliphatic heterocycles. The maximum Gasteiger partial charge on any atom is 0.805 e. The first-order valence-electron chi connectivity index (χ1n) is 9.23. The first-order valence-corrected chi connectivity index (χ1v) is 11.6. The van der Waals surface area contributed by atoms with E-state index in [4.69, 9.17) is 9.05 Å². The molecule has 0 amide bonds. The van der Waals surface area contributed by atoms with Crippen molar-refractivity contribution in [2.45, 2.75) is 0 Å². The molecule has 148 valence electrons. The summed E-state index contributed by atoms with van der Waals surface area (Å²) in [5, 5.41) is 1.77. The van der Waals surface area contributed by atoms with Gasteiger partial charge in [0.1, 0.15) is 0 Å². The summed E-state index contributed by atoms with van der Waals surface area (Å²) in [7, 11) is -3.60. The van der Waals surface area contributed by atoms with Crippen molar-refractivity contribution in [3.63, 3.8) is 0 Å². The Hall–Kier alpha value is -3.32. The average molecular weight is 434 g/mol. The monoisotopic (exact) mass is 434 g/mol. The van der Waals surface area contributed by atoms with Gasteiger partial charge in [-0.25, -0.2) is 9.05 Å². The van der Waals surface area contributed by atoms with Crippen LogP contribution in [0.25, 0.3) is 0 Å². The highest BCUT2D eigenvalue weighted by molar-refractivity contribution is 7.61. The zero-order valence-corrected chi connectivity index (χ0v) is 17.9. The predicted molar refractivity (Wildman–Crippen MR) is 122 cm³/mol. The largest absolute Gasteiger partial charge is 0.805 e. The molecule has 0 fully saturated rings. The maximum atomic E-state index is 12.0. The molecule has 4 aromatic carbocycles. The molecule has 30 heavy (non-hydrogen) atoms. The fourth-order valence-electron chi connectivity index (χ4n) is 2.43. The summed E-state index contributed by atoms with van der Waals surface area (Å²) in [6, 6.07) is 36.9. The van der Waals surface area contributed by atoms with E-state index in [1.54, 1.807) is 48.5 Å². The molecule has 0 aliphatic rings. The van der Waals surface area contributed by atoms with Crippen LogP contribution in [-0.4, -0.2) is 0 Å². The molecule has 0 spiro atoms. The second-order valence-electron chi connectivity index (χ2n) is 6.00. The summed E-state index contributed by atoms with van der Waals surface area (Å²) in [5.74, 6) is 1.05. The Kier molecular flexibility index (Phi) is 8.29. The number of hydrogen-bond acceptors (Lipinski definition) is 4. The number of benzene rings is 4. The Labute approximate surface area is 177 Å². The Morgan fingerprint density at radius 1 is 0.433 bits per heavy atom. The minimum atomic E-state index is -2.18. The van der Waals surface area contributed by atoms with Crippen molar-refractivity contribution in [3.8, 4) is 11.5 Å². The summed E-state index contributed by atoms with van der Waals surface area (Å²) >= 11 is 0. The van der Waals surface area contributed by atoms with E-state index >= 15 is 0 Å². The Balaban J connectivity index is 0.000000172. The van der Waals surface area contributed by atoms with Gasteiger partial charge in [0.15, 0.2) is 22.1 Å². The van der Waals surface area contributed by atoms with Gasteiger partial charge in [0, 0.05) is 4.57 Å². The van der Waals surface area contributed by atoms with E-state index in [0.29, 0.717) is 11.5 Å². The topological polar surface area (TPSA) is 52.6 Å². The highest BCUT2D eigenvalue weighted by Crippen LogP contribution is 2.29. The molecular formula is C24H20O4P2+2. The van der Waals surface area contributed by atoms with E-state index < -0.39 is 16.1 Å². The van der Waals surface area contributed by atoms with Crippen LogP contribution in [0.1, 0.15) is 0 Å². The van der Waals surface area contributed by atoms with Crippen LogP contribution in [0.5, 0.6) is 11.5 Å². The molecule has 0 atom stereocenters. The molecule has 0 bridgehead atoms. The number of rotatable bonds is 6. The van der Waals surface area contributed by atoms with Gasteiger partial charge >= 0.3 is 16.1 Å². The lowest BCUT2D eigenvalue weighted by molar-refractivity contribution is 0.415. The second kappa shape index (κ2) is 11.6. The van der Waals surface area contributed by atoms with Gasteiger partial charge in [0.05, 0.1) is 0 Å².